The molecule has 2 aromatic heterocycles. The second-order valence-electron chi connectivity index (χ2n) is 9.22. The largest absolute Gasteiger partial charge is 0.435 e. The highest BCUT2D eigenvalue weighted by Gasteiger charge is 2.30. The van der Waals surface area contributed by atoms with Gasteiger partial charge in [-0.05, 0) is 49.7 Å². The minimum Gasteiger partial charge on any atom is -0.435 e. The lowest BCUT2D eigenvalue weighted by molar-refractivity contribution is 0.0649. The minimum atomic E-state index is -0.518. The first-order valence-corrected chi connectivity index (χ1v) is 12.4. The summed E-state index contributed by atoms with van der Waals surface area (Å²) in [4.78, 5) is 29.1. The number of hydrogen-bond acceptors (Lipinski definition) is 7. The van der Waals surface area contributed by atoms with Crippen molar-refractivity contribution in [2.75, 3.05) is 49.6 Å². The van der Waals surface area contributed by atoms with Gasteiger partial charge in [-0.15, -0.1) is 0 Å². The van der Waals surface area contributed by atoms with E-state index in [-0.39, 0.29) is 23.1 Å². The van der Waals surface area contributed by atoms with Crippen molar-refractivity contribution in [3.05, 3.63) is 65.9 Å². The maximum absolute atomic E-state index is 15.3. The predicted octanol–water partition coefficient (Wildman–Crippen LogP) is 4.62. The number of carbonyl (C=O) groups excluding carboxylic acids is 1. The number of ether oxygens (including phenoxy) is 2. The lowest BCUT2D eigenvalue weighted by atomic mass is 10.1. The smallest absolute Gasteiger partial charge is 0.263 e. The molecule has 4 aromatic rings. The Bertz CT molecular complexity index is 1460. The van der Waals surface area contributed by atoms with E-state index in [0.29, 0.717) is 43.0 Å². The Kier molecular flexibility index (Phi) is 6.09. The van der Waals surface area contributed by atoms with Gasteiger partial charge in [0.2, 0.25) is 5.88 Å². The standard InChI is InChI=1S/C27H27FN6O3/c1-17-14-20-21(31-17)6-7-22(24(20)28)37-26-23(27(35)34-8-3-9-34)25(29-16-30-26)32-18-4-2-5-19(15-18)33-10-12-36-13-11-33/h2,4-7,14-16,31H,3,8-13H2,1H3,(H,29,30,32). The molecule has 2 aromatic carbocycles. The first-order valence-electron chi connectivity index (χ1n) is 12.4. The molecule has 4 heterocycles. The highest BCUT2D eigenvalue weighted by atomic mass is 19.1. The number of benzene rings is 2. The number of carbonyl (C=O) groups is 1. The van der Waals surface area contributed by atoms with Crippen molar-refractivity contribution in [1.82, 2.24) is 19.9 Å². The quantitative estimate of drug-likeness (QED) is 0.397. The number of morpholine rings is 1. The highest BCUT2D eigenvalue weighted by molar-refractivity contribution is 6.02. The second-order valence-corrected chi connectivity index (χ2v) is 9.22. The van der Waals surface area contributed by atoms with Crippen LogP contribution in [0.25, 0.3) is 10.9 Å². The van der Waals surface area contributed by atoms with Crippen LogP contribution in [0.4, 0.5) is 21.6 Å². The van der Waals surface area contributed by atoms with Crippen LogP contribution in [0.5, 0.6) is 11.6 Å². The van der Waals surface area contributed by atoms with Gasteiger partial charge in [0.1, 0.15) is 11.9 Å². The van der Waals surface area contributed by atoms with E-state index in [1.54, 1.807) is 17.0 Å². The number of likely N-dealkylation sites (tertiary alicyclic amines) is 1. The Morgan fingerprint density at radius 3 is 2.73 bits per heavy atom. The molecule has 2 N–H and O–H groups in total. The van der Waals surface area contributed by atoms with Crippen LogP contribution < -0.4 is 15.0 Å². The molecule has 0 bridgehead atoms. The predicted molar refractivity (Wildman–Crippen MR) is 138 cm³/mol. The van der Waals surface area contributed by atoms with Crippen molar-refractivity contribution < 1.29 is 18.7 Å². The number of nitrogens with zero attached hydrogens (tertiary/aromatic N) is 4. The normalized spacial score (nSPS) is 15.5. The van der Waals surface area contributed by atoms with Gasteiger partial charge in [0, 0.05) is 54.2 Å². The van der Waals surface area contributed by atoms with E-state index < -0.39 is 5.82 Å². The molecule has 0 radical (unpaired) electrons. The van der Waals surface area contributed by atoms with E-state index in [9.17, 15) is 4.79 Å². The number of nitrogens with one attached hydrogen (secondary N) is 2. The SMILES string of the molecule is Cc1cc2c(F)c(Oc3ncnc(Nc4cccc(N5CCOCC5)c4)c3C(=O)N3CCC3)ccc2[nH]1. The maximum Gasteiger partial charge on any atom is 0.263 e. The molecule has 0 spiro atoms. The van der Waals surface area contributed by atoms with Gasteiger partial charge in [0.05, 0.1) is 13.2 Å². The summed E-state index contributed by atoms with van der Waals surface area (Å²) in [7, 11) is 0. The Balaban J connectivity index is 1.35. The van der Waals surface area contributed by atoms with Crippen molar-refractivity contribution in [2.24, 2.45) is 0 Å². The van der Waals surface area contributed by atoms with Gasteiger partial charge in [-0.25, -0.2) is 14.4 Å². The molecule has 1 amide bonds. The van der Waals surface area contributed by atoms with Crippen LogP contribution in [0.1, 0.15) is 22.5 Å². The molecular weight excluding hydrogens is 475 g/mol. The third-order valence-corrected chi connectivity index (χ3v) is 6.70. The number of H-pyrrole nitrogens is 1. The maximum atomic E-state index is 15.3. The first-order chi connectivity index (χ1) is 18.1. The van der Waals surface area contributed by atoms with E-state index in [4.69, 9.17) is 9.47 Å². The lowest BCUT2D eigenvalue weighted by Gasteiger charge is -2.31. The van der Waals surface area contributed by atoms with Crippen LogP contribution in [0.15, 0.2) is 48.8 Å². The molecule has 6 rings (SSSR count). The van der Waals surface area contributed by atoms with Crippen LogP contribution in [-0.4, -0.2) is 65.2 Å². The number of aromatic amines is 1. The Morgan fingerprint density at radius 2 is 1.95 bits per heavy atom. The summed E-state index contributed by atoms with van der Waals surface area (Å²) in [6.07, 6.45) is 2.24. The highest BCUT2D eigenvalue weighted by Crippen LogP contribution is 2.35. The number of anilines is 3. The summed E-state index contributed by atoms with van der Waals surface area (Å²) in [5.74, 6) is -0.476. The molecule has 2 aliphatic heterocycles. The fourth-order valence-corrected chi connectivity index (χ4v) is 4.62. The molecule has 0 saturated carbocycles. The summed E-state index contributed by atoms with van der Waals surface area (Å²) in [6.45, 7) is 6.13. The van der Waals surface area contributed by atoms with Crippen LogP contribution in [0, 0.1) is 12.7 Å². The molecule has 10 heteroatoms. The average molecular weight is 503 g/mol. The van der Waals surface area contributed by atoms with E-state index in [1.165, 1.54) is 12.4 Å². The van der Waals surface area contributed by atoms with E-state index in [0.717, 1.165) is 36.6 Å². The number of aromatic nitrogens is 3. The molecule has 0 atom stereocenters. The Labute approximate surface area is 213 Å². The first kappa shape index (κ1) is 23.2. The lowest BCUT2D eigenvalue weighted by Crippen LogP contribution is -2.42. The van der Waals surface area contributed by atoms with Gasteiger partial charge in [-0.2, -0.15) is 0 Å². The van der Waals surface area contributed by atoms with Crippen molar-refractivity contribution in [2.45, 2.75) is 13.3 Å². The molecule has 2 saturated heterocycles. The monoisotopic (exact) mass is 502 g/mol. The fraction of sp³-hybridized carbons (Fsp3) is 0.296. The number of aryl methyl sites for hydroxylation is 1. The Morgan fingerprint density at radius 1 is 1.11 bits per heavy atom. The molecule has 2 aliphatic rings. The van der Waals surface area contributed by atoms with Gasteiger partial charge < -0.3 is 29.6 Å². The summed E-state index contributed by atoms with van der Waals surface area (Å²) < 4.78 is 26.7. The number of hydrogen-bond donors (Lipinski definition) is 2. The van der Waals surface area contributed by atoms with Crippen molar-refractivity contribution in [1.29, 1.82) is 0 Å². The number of amides is 1. The van der Waals surface area contributed by atoms with Crippen LogP contribution in [-0.2, 0) is 4.74 Å². The van der Waals surface area contributed by atoms with Crippen LogP contribution >= 0.6 is 0 Å². The second kappa shape index (κ2) is 9.70. The molecule has 0 aliphatic carbocycles. The van der Waals surface area contributed by atoms with Crippen molar-refractivity contribution in [3.8, 4) is 11.6 Å². The van der Waals surface area contributed by atoms with Crippen molar-refractivity contribution >= 4 is 34.0 Å². The van der Waals surface area contributed by atoms with Gasteiger partial charge in [0.15, 0.2) is 17.4 Å². The topological polar surface area (TPSA) is 95.6 Å². The van der Waals surface area contributed by atoms with E-state index >= 15 is 4.39 Å². The fourth-order valence-electron chi connectivity index (χ4n) is 4.62. The zero-order valence-electron chi connectivity index (χ0n) is 20.5. The zero-order chi connectivity index (χ0) is 25.4. The third kappa shape index (κ3) is 4.55. The molecule has 9 nitrogen and oxygen atoms in total. The summed E-state index contributed by atoms with van der Waals surface area (Å²) in [6, 6.07) is 12.9. The summed E-state index contributed by atoms with van der Waals surface area (Å²) >= 11 is 0. The van der Waals surface area contributed by atoms with Gasteiger partial charge in [0.25, 0.3) is 5.91 Å². The zero-order valence-corrected chi connectivity index (χ0v) is 20.5. The molecule has 0 unspecified atom stereocenters. The van der Waals surface area contributed by atoms with Gasteiger partial charge in [-0.3, -0.25) is 4.79 Å². The number of halogens is 1. The van der Waals surface area contributed by atoms with Crippen molar-refractivity contribution in [3.63, 3.8) is 0 Å². The van der Waals surface area contributed by atoms with E-state index in [1.807, 2.05) is 31.2 Å². The van der Waals surface area contributed by atoms with Gasteiger partial charge in [-0.1, -0.05) is 6.07 Å². The minimum absolute atomic E-state index is 0.00393. The number of fused-ring (bicyclic) bond motifs is 1. The average Bonchev–Trinajstić information content (AvgIpc) is 3.27. The Hall–Kier alpha value is -4.18. The molecule has 37 heavy (non-hydrogen) atoms. The van der Waals surface area contributed by atoms with E-state index in [2.05, 4.69) is 25.2 Å². The van der Waals surface area contributed by atoms with Crippen LogP contribution in [0.3, 0.4) is 0 Å². The molecule has 190 valence electrons. The molecular formula is C27H27FN6O3. The summed E-state index contributed by atoms with van der Waals surface area (Å²) in [5, 5.41) is 3.69. The number of rotatable bonds is 6. The summed E-state index contributed by atoms with van der Waals surface area (Å²) in [5.41, 5.74) is 3.49. The molecule has 2 fully saturated rings. The van der Waals surface area contributed by atoms with Gasteiger partial charge >= 0.3 is 0 Å². The van der Waals surface area contributed by atoms with Crippen LogP contribution in [0.2, 0.25) is 0 Å². The third-order valence-electron chi connectivity index (χ3n) is 6.70.